The van der Waals surface area contributed by atoms with Crippen molar-refractivity contribution in [1.29, 1.82) is 0 Å². The Morgan fingerprint density at radius 2 is 1.03 bits per heavy atom. The highest BCUT2D eigenvalue weighted by atomic mass is 16.5. The Balaban J connectivity index is 1.77. The largest absolute Gasteiger partial charge is 0.497 e. The van der Waals surface area contributed by atoms with Crippen molar-refractivity contribution in [3.8, 4) is 5.75 Å². The first-order chi connectivity index (χ1) is 14.3. The second-order valence-electron chi connectivity index (χ2n) is 7.65. The summed E-state index contributed by atoms with van der Waals surface area (Å²) < 4.78 is 12.8. The quantitative estimate of drug-likeness (QED) is 0.462. The van der Waals surface area contributed by atoms with Crippen molar-refractivity contribution in [3.05, 3.63) is 137 Å². The predicted molar refractivity (Wildman–Crippen MR) is 113 cm³/mol. The van der Waals surface area contributed by atoms with E-state index in [9.17, 15) is 0 Å². The van der Waals surface area contributed by atoms with E-state index < -0.39 is 11.2 Å². The maximum atomic E-state index is 7.20. The molecule has 2 unspecified atom stereocenters. The van der Waals surface area contributed by atoms with E-state index in [0.29, 0.717) is 0 Å². The summed E-state index contributed by atoms with van der Waals surface area (Å²) in [5.74, 6) is 0.843. The van der Waals surface area contributed by atoms with Gasteiger partial charge in [-0.25, -0.2) is 0 Å². The average Bonchev–Trinajstić information content (AvgIpc) is 3.30. The third kappa shape index (κ3) is 1.94. The summed E-state index contributed by atoms with van der Waals surface area (Å²) in [5, 5.41) is 0. The first kappa shape index (κ1) is 16.6. The van der Waals surface area contributed by atoms with Crippen LogP contribution in [0, 0.1) is 0 Å². The molecule has 0 saturated carbocycles. The summed E-state index contributed by atoms with van der Waals surface area (Å²) in [6.07, 6.45) is 0. The molecule has 2 aliphatic rings. The number of rotatable bonds is 3. The zero-order valence-corrected chi connectivity index (χ0v) is 16.1. The van der Waals surface area contributed by atoms with E-state index in [0.717, 1.165) is 22.4 Å². The molecule has 0 aromatic heterocycles. The second kappa shape index (κ2) is 5.82. The number of fused-ring (bicyclic) bond motifs is 8. The van der Waals surface area contributed by atoms with Crippen LogP contribution in [0.15, 0.2) is 103 Å². The Morgan fingerprint density at radius 3 is 1.59 bits per heavy atom. The summed E-state index contributed by atoms with van der Waals surface area (Å²) >= 11 is 0. The molecule has 2 nitrogen and oxygen atoms in total. The van der Waals surface area contributed by atoms with Crippen molar-refractivity contribution in [3.63, 3.8) is 0 Å². The minimum absolute atomic E-state index is 0.630. The maximum absolute atomic E-state index is 7.20. The molecule has 0 aliphatic carbocycles. The van der Waals surface area contributed by atoms with Crippen molar-refractivity contribution >= 4 is 0 Å². The summed E-state index contributed by atoms with van der Waals surface area (Å²) in [4.78, 5) is 0. The molecule has 0 fully saturated rings. The molecular weight excluding hydrogens is 356 g/mol. The third-order valence-corrected chi connectivity index (χ3v) is 6.34. The summed E-state index contributed by atoms with van der Waals surface area (Å²) in [5.41, 5.74) is 5.76. The third-order valence-electron chi connectivity index (χ3n) is 6.34. The molecule has 0 saturated heterocycles. The average molecular weight is 376 g/mol. The molecule has 2 atom stereocenters. The number of ether oxygens (including phenoxy) is 2. The SMILES string of the molecule is COc1ccc2c(c1)C1(c3ccccc3)OC2(c2ccccc2)c2ccccc21. The van der Waals surface area contributed by atoms with Gasteiger partial charge in [0.15, 0.2) is 0 Å². The molecule has 4 aromatic carbocycles. The Bertz CT molecular complexity index is 1220. The van der Waals surface area contributed by atoms with Gasteiger partial charge in [-0.3, -0.25) is 0 Å². The molecule has 0 spiro atoms. The van der Waals surface area contributed by atoms with Crippen molar-refractivity contribution in [2.45, 2.75) is 11.2 Å². The van der Waals surface area contributed by atoms with Gasteiger partial charge >= 0.3 is 0 Å². The number of methoxy groups -OCH3 is 1. The van der Waals surface area contributed by atoms with Gasteiger partial charge in [0.25, 0.3) is 0 Å². The monoisotopic (exact) mass is 376 g/mol. The van der Waals surface area contributed by atoms with E-state index in [-0.39, 0.29) is 0 Å². The van der Waals surface area contributed by atoms with Gasteiger partial charge < -0.3 is 9.47 Å². The van der Waals surface area contributed by atoms with Gasteiger partial charge in [-0.1, -0.05) is 91.0 Å². The topological polar surface area (TPSA) is 18.5 Å². The molecule has 2 heterocycles. The van der Waals surface area contributed by atoms with Gasteiger partial charge in [-0.15, -0.1) is 0 Å². The fourth-order valence-electron chi connectivity index (χ4n) is 5.17. The molecule has 140 valence electrons. The van der Waals surface area contributed by atoms with E-state index in [1.807, 2.05) is 12.1 Å². The zero-order chi connectivity index (χ0) is 19.5. The van der Waals surface area contributed by atoms with Crippen LogP contribution in [0.25, 0.3) is 0 Å². The molecule has 2 heteroatoms. The summed E-state index contributed by atoms with van der Waals surface area (Å²) in [6, 6.07) is 36.0. The van der Waals surface area contributed by atoms with Gasteiger partial charge in [0, 0.05) is 5.56 Å². The van der Waals surface area contributed by atoms with Gasteiger partial charge in [0.05, 0.1) is 7.11 Å². The lowest BCUT2D eigenvalue weighted by molar-refractivity contribution is -0.0258. The first-order valence-electron chi connectivity index (χ1n) is 9.91. The molecular formula is C27H20O2. The highest BCUT2D eigenvalue weighted by Gasteiger charge is 2.64. The Kier molecular flexibility index (Phi) is 3.33. The van der Waals surface area contributed by atoms with Crippen LogP contribution in [0.5, 0.6) is 5.75 Å². The van der Waals surface area contributed by atoms with Crippen molar-refractivity contribution in [1.82, 2.24) is 0 Å². The molecule has 0 amide bonds. The van der Waals surface area contributed by atoms with Crippen molar-refractivity contribution in [2.75, 3.05) is 7.11 Å². The standard InChI is InChI=1S/C27H20O2/c1-28-21-16-17-24-25(18-21)27(20-12-6-3-7-13-20)23-15-9-8-14-22(23)26(24,29-27)19-10-4-2-5-11-19/h2-18H,1H3. The van der Waals surface area contributed by atoms with Crippen LogP contribution in [0.2, 0.25) is 0 Å². The number of benzene rings is 4. The lowest BCUT2D eigenvalue weighted by Crippen LogP contribution is -2.26. The number of hydrogen-bond acceptors (Lipinski definition) is 2. The highest BCUT2D eigenvalue weighted by Crippen LogP contribution is 2.66. The number of hydrogen-bond donors (Lipinski definition) is 0. The van der Waals surface area contributed by atoms with Crippen LogP contribution in [0.3, 0.4) is 0 Å². The second-order valence-corrected chi connectivity index (χ2v) is 7.65. The highest BCUT2D eigenvalue weighted by molar-refractivity contribution is 5.70. The van der Waals surface area contributed by atoms with Crippen LogP contribution < -0.4 is 4.74 Å². The van der Waals surface area contributed by atoms with Crippen molar-refractivity contribution in [2.24, 2.45) is 0 Å². The van der Waals surface area contributed by atoms with E-state index in [1.165, 1.54) is 16.7 Å². The molecule has 29 heavy (non-hydrogen) atoms. The fourth-order valence-corrected chi connectivity index (χ4v) is 5.17. The molecule has 0 N–H and O–H groups in total. The predicted octanol–water partition coefficient (Wildman–Crippen LogP) is 5.62. The summed E-state index contributed by atoms with van der Waals surface area (Å²) in [6.45, 7) is 0. The maximum Gasteiger partial charge on any atom is 0.146 e. The normalized spacial score (nSPS) is 23.5. The molecule has 2 aliphatic heterocycles. The van der Waals surface area contributed by atoms with Gasteiger partial charge in [0.2, 0.25) is 0 Å². The van der Waals surface area contributed by atoms with Crippen molar-refractivity contribution < 1.29 is 9.47 Å². The first-order valence-corrected chi connectivity index (χ1v) is 9.91. The zero-order valence-electron chi connectivity index (χ0n) is 16.1. The van der Waals surface area contributed by atoms with E-state index in [2.05, 4.69) is 91.0 Å². The Morgan fingerprint density at radius 1 is 0.552 bits per heavy atom. The van der Waals surface area contributed by atoms with Crippen LogP contribution in [-0.2, 0) is 15.9 Å². The van der Waals surface area contributed by atoms with E-state index >= 15 is 0 Å². The minimum atomic E-state index is -0.655. The fraction of sp³-hybridized carbons (Fsp3) is 0.111. The lowest BCUT2D eigenvalue weighted by Gasteiger charge is -2.30. The van der Waals surface area contributed by atoms with Crippen LogP contribution >= 0.6 is 0 Å². The van der Waals surface area contributed by atoms with E-state index in [4.69, 9.17) is 9.47 Å². The minimum Gasteiger partial charge on any atom is -0.497 e. The van der Waals surface area contributed by atoms with Gasteiger partial charge in [0.1, 0.15) is 17.0 Å². The van der Waals surface area contributed by atoms with Crippen LogP contribution in [0.4, 0.5) is 0 Å². The Labute approximate surface area is 170 Å². The molecule has 6 rings (SSSR count). The van der Waals surface area contributed by atoms with Gasteiger partial charge in [-0.2, -0.15) is 0 Å². The van der Waals surface area contributed by atoms with Gasteiger partial charge in [-0.05, 0) is 39.9 Å². The Hall–Kier alpha value is -3.36. The molecule has 4 aromatic rings. The van der Waals surface area contributed by atoms with Crippen LogP contribution in [-0.4, -0.2) is 7.11 Å². The van der Waals surface area contributed by atoms with Crippen LogP contribution in [0.1, 0.15) is 33.4 Å². The smallest absolute Gasteiger partial charge is 0.146 e. The lowest BCUT2D eigenvalue weighted by atomic mass is 9.68. The molecule has 0 radical (unpaired) electrons. The van der Waals surface area contributed by atoms with E-state index in [1.54, 1.807) is 7.11 Å². The summed E-state index contributed by atoms with van der Waals surface area (Å²) in [7, 11) is 1.71. The molecule has 2 bridgehead atoms.